The number of amides is 1. The lowest BCUT2D eigenvalue weighted by Crippen LogP contribution is -2.15. The molecule has 1 heterocycles. The molecule has 0 fully saturated rings. The fourth-order valence-corrected chi connectivity index (χ4v) is 2.20. The van der Waals surface area contributed by atoms with Crippen LogP contribution in [0.5, 0.6) is 0 Å². The molecule has 0 bridgehead atoms. The lowest BCUT2D eigenvalue weighted by Gasteiger charge is -2.07. The molecule has 0 aliphatic heterocycles. The van der Waals surface area contributed by atoms with Crippen LogP contribution in [0, 0.1) is 11.6 Å². The Morgan fingerprint density at radius 2 is 1.64 bits per heavy atom. The Hall–Kier alpha value is -3.06. The normalized spacial score (nSPS) is 10.4. The van der Waals surface area contributed by atoms with Crippen molar-refractivity contribution in [2.75, 3.05) is 10.6 Å². The van der Waals surface area contributed by atoms with Crippen LogP contribution in [0.4, 0.5) is 26.1 Å². The second kappa shape index (κ2) is 7.23. The average molecular weight is 361 g/mol. The van der Waals surface area contributed by atoms with Crippen LogP contribution in [0.25, 0.3) is 0 Å². The van der Waals surface area contributed by atoms with Crippen LogP contribution >= 0.6 is 11.6 Å². The van der Waals surface area contributed by atoms with Crippen molar-refractivity contribution in [1.82, 2.24) is 10.2 Å². The first kappa shape index (κ1) is 16.8. The van der Waals surface area contributed by atoms with Gasteiger partial charge in [-0.25, -0.2) is 8.78 Å². The van der Waals surface area contributed by atoms with E-state index in [1.165, 1.54) is 42.5 Å². The van der Waals surface area contributed by atoms with E-state index in [1.54, 1.807) is 12.1 Å². The molecule has 1 amide bonds. The minimum absolute atomic E-state index is 0.0215. The zero-order chi connectivity index (χ0) is 17.8. The summed E-state index contributed by atoms with van der Waals surface area (Å²) in [5, 5.41) is 13.1. The van der Waals surface area contributed by atoms with Crippen molar-refractivity contribution < 1.29 is 13.6 Å². The summed E-state index contributed by atoms with van der Waals surface area (Å²) in [7, 11) is 0. The highest BCUT2D eigenvalue weighted by Gasteiger charge is 2.11. The molecule has 5 nitrogen and oxygen atoms in total. The van der Waals surface area contributed by atoms with E-state index in [4.69, 9.17) is 11.6 Å². The summed E-state index contributed by atoms with van der Waals surface area (Å²) in [6.07, 6.45) is 0. The molecule has 0 spiro atoms. The Labute approximate surface area is 146 Å². The first-order valence-corrected chi connectivity index (χ1v) is 7.52. The molecule has 2 aromatic carbocycles. The number of hydrogen-bond acceptors (Lipinski definition) is 4. The summed E-state index contributed by atoms with van der Waals surface area (Å²) in [4.78, 5) is 12.0. The van der Waals surface area contributed by atoms with Crippen molar-refractivity contribution >= 4 is 34.8 Å². The second-order valence-corrected chi connectivity index (χ2v) is 5.40. The number of nitrogens with one attached hydrogen (secondary N) is 2. The number of halogens is 3. The number of carbonyl (C=O) groups excluding carboxylic acids is 1. The maximum Gasteiger partial charge on any atom is 0.259 e. The molecule has 0 saturated carbocycles. The SMILES string of the molecule is O=C(Nc1ccc(Nc2ccc(F)c(Cl)c2)nn1)c1ccccc1F. The van der Waals surface area contributed by atoms with Crippen LogP contribution < -0.4 is 10.6 Å². The van der Waals surface area contributed by atoms with Gasteiger partial charge in [0, 0.05) is 5.69 Å². The molecule has 0 aliphatic carbocycles. The fourth-order valence-electron chi connectivity index (χ4n) is 2.02. The van der Waals surface area contributed by atoms with Crippen LogP contribution in [0.2, 0.25) is 5.02 Å². The quantitative estimate of drug-likeness (QED) is 0.723. The van der Waals surface area contributed by atoms with Gasteiger partial charge < -0.3 is 10.6 Å². The Kier molecular flexibility index (Phi) is 4.85. The summed E-state index contributed by atoms with van der Waals surface area (Å²) < 4.78 is 26.7. The molecular formula is C17H11ClF2N4O. The van der Waals surface area contributed by atoms with Crippen LogP contribution in [0.15, 0.2) is 54.6 Å². The van der Waals surface area contributed by atoms with Gasteiger partial charge in [-0.2, -0.15) is 0 Å². The number of rotatable bonds is 4. The van der Waals surface area contributed by atoms with E-state index in [1.807, 2.05) is 0 Å². The van der Waals surface area contributed by atoms with Crippen LogP contribution in [-0.2, 0) is 0 Å². The smallest absolute Gasteiger partial charge is 0.259 e. The Morgan fingerprint density at radius 3 is 2.32 bits per heavy atom. The molecule has 25 heavy (non-hydrogen) atoms. The van der Waals surface area contributed by atoms with Gasteiger partial charge in [-0.1, -0.05) is 23.7 Å². The third kappa shape index (κ3) is 4.07. The Morgan fingerprint density at radius 1 is 0.920 bits per heavy atom. The molecule has 8 heteroatoms. The minimum atomic E-state index is -0.626. The second-order valence-electron chi connectivity index (χ2n) is 4.99. The molecule has 0 aliphatic rings. The van der Waals surface area contributed by atoms with E-state index in [0.29, 0.717) is 11.5 Å². The average Bonchev–Trinajstić information content (AvgIpc) is 2.60. The van der Waals surface area contributed by atoms with Crippen LogP contribution in [0.3, 0.4) is 0 Å². The first-order valence-electron chi connectivity index (χ1n) is 7.14. The van der Waals surface area contributed by atoms with Crippen molar-refractivity contribution in [2.45, 2.75) is 0 Å². The summed E-state index contributed by atoms with van der Waals surface area (Å²) >= 11 is 5.70. The topological polar surface area (TPSA) is 66.9 Å². The molecule has 2 N–H and O–H groups in total. The standard InChI is InChI=1S/C17H11ClF2N4O/c18-12-9-10(5-6-14(12)20)21-15-7-8-16(24-23-15)22-17(25)11-3-1-2-4-13(11)19/h1-9H,(H,21,23)(H,22,24,25). The predicted molar refractivity (Wildman–Crippen MR) is 91.1 cm³/mol. The minimum Gasteiger partial charge on any atom is -0.339 e. The van der Waals surface area contributed by atoms with E-state index < -0.39 is 17.5 Å². The lowest BCUT2D eigenvalue weighted by molar-refractivity contribution is 0.102. The van der Waals surface area contributed by atoms with Crippen LogP contribution in [-0.4, -0.2) is 16.1 Å². The number of carbonyl (C=O) groups is 1. The van der Waals surface area contributed by atoms with E-state index >= 15 is 0 Å². The summed E-state index contributed by atoms with van der Waals surface area (Å²) in [5.41, 5.74) is 0.441. The molecule has 0 saturated heterocycles. The van der Waals surface area contributed by atoms with Gasteiger partial charge in [0.15, 0.2) is 11.6 Å². The number of benzene rings is 2. The van der Waals surface area contributed by atoms with E-state index in [2.05, 4.69) is 20.8 Å². The third-order valence-electron chi connectivity index (χ3n) is 3.22. The van der Waals surface area contributed by atoms with E-state index in [0.717, 1.165) is 0 Å². The number of hydrogen-bond donors (Lipinski definition) is 2. The van der Waals surface area contributed by atoms with Gasteiger partial charge in [0.2, 0.25) is 0 Å². The van der Waals surface area contributed by atoms with Crippen molar-refractivity contribution in [3.8, 4) is 0 Å². The van der Waals surface area contributed by atoms with Crippen LogP contribution in [0.1, 0.15) is 10.4 Å². The largest absolute Gasteiger partial charge is 0.339 e. The van der Waals surface area contributed by atoms with Gasteiger partial charge in [0.1, 0.15) is 11.6 Å². The molecule has 126 valence electrons. The van der Waals surface area contributed by atoms with Crippen molar-refractivity contribution in [3.05, 3.63) is 76.8 Å². The Balaban J connectivity index is 1.69. The monoisotopic (exact) mass is 360 g/mol. The number of nitrogens with zero attached hydrogens (tertiary/aromatic N) is 2. The van der Waals surface area contributed by atoms with Gasteiger partial charge in [-0.05, 0) is 42.5 Å². The molecule has 3 aromatic rings. The van der Waals surface area contributed by atoms with Crippen molar-refractivity contribution in [2.24, 2.45) is 0 Å². The first-order chi connectivity index (χ1) is 12.0. The molecule has 0 radical (unpaired) electrons. The molecule has 3 rings (SSSR count). The van der Waals surface area contributed by atoms with E-state index in [9.17, 15) is 13.6 Å². The molecule has 1 aromatic heterocycles. The summed E-state index contributed by atoms with van der Waals surface area (Å²) in [6.45, 7) is 0. The van der Waals surface area contributed by atoms with Crippen molar-refractivity contribution in [3.63, 3.8) is 0 Å². The highest BCUT2D eigenvalue weighted by atomic mass is 35.5. The number of anilines is 3. The zero-order valence-corrected chi connectivity index (χ0v) is 13.4. The zero-order valence-electron chi connectivity index (χ0n) is 12.6. The lowest BCUT2D eigenvalue weighted by atomic mass is 10.2. The maximum absolute atomic E-state index is 13.6. The van der Waals surface area contributed by atoms with E-state index in [-0.39, 0.29) is 16.4 Å². The van der Waals surface area contributed by atoms with Gasteiger partial charge in [-0.15, -0.1) is 10.2 Å². The highest BCUT2D eigenvalue weighted by molar-refractivity contribution is 6.31. The van der Waals surface area contributed by atoms with Crippen molar-refractivity contribution in [1.29, 1.82) is 0 Å². The maximum atomic E-state index is 13.6. The molecule has 0 unspecified atom stereocenters. The summed E-state index contributed by atoms with van der Waals surface area (Å²) in [6, 6.07) is 12.8. The van der Waals surface area contributed by atoms with Gasteiger partial charge >= 0.3 is 0 Å². The van der Waals surface area contributed by atoms with Gasteiger partial charge in [-0.3, -0.25) is 4.79 Å². The predicted octanol–water partition coefficient (Wildman–Crippen LogP) is 4.40. The number of aromatic nitrogens is 2. The molecule has 0 atom stereocenters. The Bertz CT molecular complexity index is 919. The highest BCUT2D eigenvalue weighted by Crippen LogP contribution is 2.22. The fraction of sp³-hybridized carbons (Fsp3) is 0. The van der Waals surface area contributed by atoms with Gasteiger partial charge in [0.25, 0.3) is 5.91 Å². The molecular weight excluding hydrogens is 350 g/mol. The van der Waals surface area contributed by atoms with Gasteiger partial charge in [0.05, 0.1) is 10.6 Å². The third-order valence-corrected chi connectivity index (χ3v) is 3.51. The summed E-state index contributed by atoms with van der Waals surface area (Å²) in [5.74, 6) is -1.25.